The number of carbonyl (C=O) groups is 3. The molecule has 1 aliphatic heterocycles. The number of halogens is 1. The second kappa shape index (κ2) is 15.2. The van der Waals surface area contributed by atoms with Crippen LogP contribution in [0.3, 0.4) is 0 Å². The largest absolute Gasteiger partial charge is 0.354 e. The van der Waals surface area contributed by atoms with Crippen molar-refractivity contribution in [3.8, 4) is 0 Å². The predicted octanol–water partition coefficient (Wildman–Crippen LogP) is 2.61. The van der Waals surface area contributed by atoms with Crippen molar-refractivity contribution >= 4 is 30.1 Å². The molecule has 0 unspecified atom stereocenters. The molecule has 0 aromatic heterocycles. The number of rotatable bonds is 12. The number of likely N-dealkylation sites (tertiary alicyclic amines) is 1. The highest BCUT2D eigenvalue weighted by molar-refractivity contribution is 5.92. The summed E-state index contributed by atoms with van der Waals surface area (Å²) in [6, 6.07) is 18.5. The maximum absolute atomic E-state index is 13.2. The van der Waals surface area contributed by atoms with E-state index in [1.54, 1.807) is 4.90 Å². The third-order valence-corrected chi connectivity index (χ3v) is 6.17. The number of nitrogens with one attached hydrogen (secondary N) is 2. The topological polar surface area (TPSA) is 105 Å². The van der Waals surface area contributed by atoms with E-state index in [2.05, 4.69) is 22.8 Å². The van der Waals surface area contributed by atoms with Gasteiger partial charge in [-0.3, -0.25) is 14.4 Å². The number of hydrogen-bond donors (Lipinski definition) is 3. The molecule has 3 amide bonds. The van der Waals surface area contributed by atoms with Crippen LogP contribution in [0.2, 0.25) is 0 Å². The fraction of sp³-hybridized carbons (Fsp3) is 0.444. The molecule has 7 nitrogen and oxygen atoms in total. The summed E-state index contributed by atoms with van der Waals surface area (Å²) in [6.45, 7) is 1.53. The number of hydrogen-bond acceptors (Lipinski definition) is 4. The SMILES string of the molecule is Cl.NCCCNC(=O)[C@H](Cc1ccccc1)NC(=O)[C@@H]1CCCN1C(=O)CCCc1ccccc1. The van der Waals surface area contributed by atoms with Crippen LogP contribution in [-0.4, -0.2) is 54.3 Å². The van der Waals surface area contributed by atoms with Crippen LogP contribution < -0.4 is 16.4 Å². The minimum atomic E-state index is -0.705. The van der Waals surface area contributed by atoms with Crippen molar-refractivity contribution in [1.29, 1.82) is 0 Å². The average Bonchev–Trinajstić information content (AvgIpc) is 3.35. The van der Waals surface area contributed by atoms with Crippen LogP contribution in [-0.2, 0) is 27.2 Å². The van der Waals surface area contributed by atoms with E-state index in [-0.39, 0.29) is 30.1 Å². The van der Waals surface area contributed by atoms with Crippen molar-refractivity contribution in [3.05, 3.63) is 71.8 Å². The second-order valence-electron chi connectivity index (χ2n) is 8.77. The van der Waals surface area contributed by atoms with Gasteiger partial charge in [0, 0.05) is 25.9 Å². The van der Waals surface area contributed by atoms with Gasteiger partial charge in [-0.1, -0.05) is 60.7 Å². The Labute approximate surface area is 214 Å². The molecule has 190 valence electrons. The van der Waals surface area contributed by atoms with Crippen molar-refractivity contribution in [2.45, 2.75) is 57.0 Å². The molecule has 3 rings (SSSR count). The lowest BCUT2D eigenvalue weighted by atomic mass is 10.0. The minimum Gasteiger partial charge on any atom is -0.354 e. The van der Waals surface area contributed by atoms with Gasteiger partial charge in [0.1, 0.15) is 12.1 Å². The summed E-state index contributed by atoms with van der Waals surface area (Å²) in [4.78, 5) is 40.6. The summed E-state index contributed by atoms with van der Waals surface area (Å²) < 4.78 is 0. The van der Waals surface area contributed by atoms with E-state index in [0.29, 0.717) is 45.3 Å². The Hall–Kier alpha value is -2.90. The van der Waals surface area contributed by atoms with Crippen LogP contribution >= 0.6 is 12.4 Å². The van der Waals surface area contributed by atoms with Gasteiger partial charge >= 0.3 is 0 Å². The molecule has 35 heavy (non-hydrogen) atoms. The third-order valence-electron chi connectivity index (χ3n) is 6.17. The molecule has 1 saturated heterocycles. The first-order valence-corrected chi connectivity index (χ1v) is 12.2. The number of nitrogens with two attached hydrogens (primary N) is 1. The Bertz CT molecular complexity index is 927. The van der Waals surface area contributed by atoms with E-state index < -0.39 is 12.1 Å². The van der Waals surface area contributed by atoms with Crippen LogP contribution in [0.15, 0.2) is 60.7 Å². The molecule has 0 bridgehead atoms. The van der Waals surface area contributed by atoms with Crippen molar-refractivity contribution < 1.29 is 14.4 Å². The van der Waals surface area contributed by atoms with Gasteiger partial charge < -0.3 is 21.3 Å². The zero-order valence-electron chi connectivity index (χ0n) is 20.2. The lowest BCUT2D eigenvalue weighted by molar-refractivity contribution is -0.139. The summed E-state index contributed by atoms with van der Waals surface area (Å²) in [6.07, 6.45) is 4.45. The molecule has 8 heteroatoms. The second-order valence-corrected chi connectivity index (χ2v) is 8.77. The van der Waals surface area contributed by atoms with Gasteiger partial charge in [-0.25, -0.2) is 0 Å². The number of amides is 3. The van der Waals surface area contributed by atoms with E-state index in [0.717, 1.165) is 24.8 Å². The van der Waals surface area contributed by atoms with Gasteiger partial charge in [-0.15, -0.1) is 12.4 Å². The summed E-state index contributed by atoms with van der Waals surface area (Å²) in [5.41, 5.74) is 7.69. The van der Waals surface area contributed by atoms with Gasteiger partial charge in [-0.05, 0) is 49.8 Å². The first kappa shape index (κ1) is 28.3. The number of benzene rings is 2. The average molecular weight is 501 g/mol. The van der Waals surface area contributed by atoms with Crippen LogP contribution in [0, 0.1) is 0 Å². The van der Waals surface area contributed by atoms with E-state index in [1.165, 1.54) is 5.56 Å². The van der Waals surface area contributed by atoms with Crippen molar-refractivity contribution in [1.82, 2.24) is 15.5 Å². The van der Waals surface area contributed by atoms with Crippen LogP contribution in [0.5, 0.6) is 0 Å². The standard InChI is InChI=1S/C27H36N4O3.ClH/c28-17-9-18-29-26(33)23(20-22-12-5-2-6-13-22)30-27(34)24-15-8-19-31(24)25(32)16-7-14-21-10-3-1-4-11-21;/h1-6,10-13,23-24H,7-9,14-20,28H2,(H,29,33)(H,30,34);1H/t23-,24-;/m0./s1. The van der Waals surface area contributed by atoms with Crippen LogP contribution in [0.1, 0.15) is 43.2 Å². The Morgan fingerprint density at radius 1 is 0.971 bits per heavy atom. The highest BCUT2D eigenvalue weighted by atomic mass is 35.5. The molecular weight excluding hydrogens is 464 g/mol. The molecule has 0 saturated carbocycles. The van der Waals surface area contributed by atoms with Crippen molar-refractivity contribution in [2.75, 3.05) is 19.6 Å². The van der Waals surface area contributed by atoms with Gasteiger partial charge in [0.2, 0.25) is 17.7 Å². The highest BCUT2D eigenvalue weighted by Gasteiger charge is 2.35. The van der Waals surface area contributed by atoms with Crippen LogP contribution in [0.4, 0.5) is 0 Å². The van der Waals surface area contributed by atoms with E-state index in [9.17, 15) is 14.4 Å². The molecular formula is C27H37ClN4O3. The summed E-state index contributed by atoms with van der Waals surface area (Å²) >= 11 is 0. The lowest BCUT2D eigenvalue weighted by Gasteiger charge is -2.26. The minimum absolute atomic E-state index is 0. The van der Waals surface area contributed by atoms with E-state index in [1.807, 2.05) is 48.5 Å². The Kier molecular flexibility index (Phi) is 12.3. The highest BCUT2D eigenvalue weighted by Crippen LogP contribution is 2.20. The maximum atomic E-state index is 13.2. The van der Waals surface area contributed by atoms with E-state index in [4.69, 9.17) is 5.73 Å². The summed E-state index contributed by atoms with van der Waals surface area (Å²) in [7, 11) is 0. The predicted molar refractivity (Wildman–Crippen MR) is 140 cm³/mol. The molecule has 1 heterocycles. The molecule has 2 aromatic carbocycles. The molecule has 2 atom stereocenters. The van der Waals surface area contributed by atoms with E-state index >= 15 is 0 Å². The first-order chi connectivity index (χ1) is 16.6. The van der Waals surface area contributed by atoms with Gasteiger partial charge in [0.05, 0.1) is 0 Å². The Balaban J connectivity index is 0.00000432. The van der Waals surface area contributed by atoms with Crippen molar-refractivity contribution in [3.63, 3.8) is 0 Å². The molecule has 0 spiro atoms. The van der Waals surface area contributed by atoms with Gasteiger partial charge in [0.15, 0.2) is 0 Å². The molecule has 0 radical (unpaired) electrons. The molecule has 1 fully saturated rings. The first-order valence-electron chi connectivity index (χ1n) is 12.2. The normalized spacial score (nSPS) is 15.7. The maximum Gasteiger partial charge on any atom is 0.243 e. The molecule has 4 N–H and O–H groups in total. The Morgan fingerprint density at radius 2 is 1.63 bits per heavy atom. The van der Waals surface area contributed by atoms with Gasteiger partial charge in [0.25, 0.3) is 0 Å². The summed E-state index contributed by atoms with van der Waals surface area (Å²) in [5.74, 6) is -0.492. The molecule has 0 aliphatic carbocycles. The summed E-state index contributed by atoms with van der Waals surface area (Å²) in [5, 5.41) is 5.79. The van der Waals surface area contributed by atoms with Gasteiger partial charge in [-0.2, -0.15) is 0 Å². The van der Waals surface area contributed by atoms with Crippen molar-refractivity contribution in [2.24, 2.45) is 5.73 Å². The lowest BCUT2D eigenvalue weighted by Crippen LogP contribution is -2.54. The molecule has 2 aromatic rings. The fourth-order valence-electron chi connectivity index (χ4n) is 4.33. The smallest absolute Gasteiger partial charge is 0.243 e. The van der Waals surface area contributed by atoms with Crippen LogP contribution in [0.25, 0.3) is 0 Å². The zero-order chi connectivity index (χ0) is 24.2. The molecule has 1 aliphatic rings. The zero-order valence-corrected chi connectivity index (χ0v) is 21.0. The fourth-order valence-corrected chi connectivity index (χ4v) is 4.33. The number of carbonyl (C=O) groups excluding carboxylic acids is 3. The quantitative estimate of drug-likeness (QED) is 0.389. The third kappa shape index (κ3) is 9.00. The number of nitrogens with zero attached hydrogens (tertiary/aromatic N) is 1. The monoisotopic (exact) mass is 500 g/mol. The number of aryl methyl sites for hydroxylation is 1. The Morgan fingerprint density at radius 3 is 2.29 bits per heavy atom.